The van der Waals surface area contributed by atoms with Gasteiger partial charge < -0.3 is 5.32 Å². The molecule has 0 saturated heterocycles. The van der Waals surface area contributed by atoms with Gasteiger partial charge in [-0.3, -0.25) is 0 Å². The fraction of sp³-hybridized carbons (Fsp3) is 0.143. The highest BCUT2D eigenvalue weighted by Gasteiger charge is 2.17. The third-order valence-corrected chi connectivity index (χ3v) is 1.51. The summed E-state index contributed by atoms with van der Waals surface area (Å²) in [5.74, 6) is -2.89. The second kappa shape index (κ2) is 3.51. The summed E-state index contributed by atoms with van der Waals surface area (Å²) in [6.07, 6.45) is 0. The topological polar surface area (TPSA) is 15.3 Å². The molecule has 0 bridgehead atoms. The van der Waals surface area contributed by atoms with Gasteiger partial charge in [-0.05, 0) is 17.5 Å². The van der Waals surface area contributed by atoms with Crippen molar-refractivity contribution in [3.63, 3.8) is 0 Å². The van der Waals surface area contributed by atoms with E-state index in [9.17, 15) is 17.7 Å². The van der Waals surface area contributed by atoms with Crippen LogP contribution in [0.15, 0.2) is 12.1 Å². The number of nitrogens with zero attached hydrogens (tertiary/aromatic N) is 1. The fourth-order valence-corrected chi connectivity index (χ4v) is 0.863. The molecular weight excluding hydrogens is 188 g/mol. The molecule has 1 aromatic carbocycles. The molecule has 0 saturated carbocycles. The van der Waals surface area contributed by atoms with Gasteiger partial charge in [-0.15, -0.1) is 0 Å². The molecule has 0 heterocycles. The molecule has 72 valence electrons. The Kier molecular flexibility index (Phi) is 2.60. The number of hydrogen-bond acceptors (Lipinski definition) is 2. The van der Waals surface area contributed by atoms with Crippen molar-refractivity contribution in [1.82, 2.24) is 0 Å². The van der Waals surface area contributed by atoms with Crippen LogP contribution in [0, 0.1) is 11.6 Å². The van der Waals surface area contributed by atoms with Crippen LogP contribution in [0.25, 0.3) is 0 Å². The Bertz CT molecular complexity index is 314. The van der Waals surface area contributed by atoms with Crippen molar-refractivity contribution in [2.75, 3.05) is 17.7 Å². The number of rotatable bonds is 2. The summed E-state index contributed by atoms with van der Waals surface area (Å²) in [6.45, 7) is 0. The van der Waals surface area contributed by atoms with Crippen molar-refractivity contribution < 1.29 is 17.7 Å². The second-order valence-corrected chi connectivity index (χ2v) is 2.24. The van der Waals surface area contributed by atoms with Crippen LogP contribution in [-0.2, 0) is 0 Å². The van der Waals surface area contributed by atoms with Crippen molar-refractivity contribution in [1.29, 1.82) is 0 Å². The average molecular weight is 194 g/mol. The molecule has 0 aromatic heterocycles. The summed E-state index contributed by atoms with van der Waals surface area (Å²) in [4.78, 5) is 0. The minimum atomic E-state index is -1.57. The Morgan fingerprint density at radius 1 is 1.15 bits per heavy atom. The van der Waals surface area contributed by atoms with Gasteiger partial charge in [0.05, 0.1) is 5.69 Å². The summed E-state index contributed by atoms with van der Waals surface area (Å²) in [6, 6.07) is 1.81. The molecular formula is C7H6F4N2. The first-order chi connectivity index (χ1) is 6.07. The van der Waals surface area contributed by atoms with Gasteiger partial charge in [-0.25, -0.2) is 8.78 Å². The van der Waals surface area contributed by atoms with Gasteiger partial charge in [0.25, 0.3) is 0 Å². The molecule has 1 rings (SSSR count). The monoisotopic (exact) mass is 194 g/mol. The quantitative estimate of drug-likeness (QED) is 0.575. The smallest absolute Gasteiger partial charge is 0.189 e. The zero-order valence-corrected chi connectivity index (χ0v) is 6.61. The molecule has 13 heavy (non-hydrogen) atoms. The van der Waals surface area contributed by atoms with Gasteiger partial charge in [0, 0.05) is 7.05 Å². The van der Waals surface area contributed by atoms with Crippen molar-refractivity contribution in [3.05, 3.63) is 23.8 Å². The van der Waals surface area contributed by atoms with Crippen LogP contribution in [0.5, 0.6) is 0 Å². The normalized spacial score (nSPS) is 9.92. The lowest BCUT2D eigenvalue weighted by molar-refractivity contribution is 0.229. The van der Waals surface area contributed by atoms with E-state index in [0.717, 1.165) is 12.1 Å². The van der Waals surface area contributed by atoms with Gasteiger partial charge in [-0.1, -0.05) is 8.96 Å². The van der Waals surface area contributed by atoms with E-state index < -0.39 is 22.7 Å². The molecule has 0 radical (unpaired) electrons. The van der Waals surface area contributed by atoms with Gasteiger partial charge in [-0.2, -0.15) is 0 Å². The molecule has 0 fully saturated rings. The Balaban J connectivity index is 3.23. The van der Waals surface area contributed by atoms with E-state index >= 15 is 0 Å². The van der Waals surface area contributed by atoms with E-state index in [1.807, 2.05) is 0 Å². The average Bonchev–Trinajstić information content (AvgIpc) is 2.09. The number of benzene rings is 1. The Morgan fingerprint density at radius 2 is 1.77 bits per heavy atom. The molecule has 6 heteroatoms. The lowest BCUT2D eigenvalue weighted by atomic mass is 10.2. The van der Waals surface area contributed by atoms with E-state index in [4.69, 9.17) is 0 Å². The van der Waals surface area contributed by atoms with Crippen LogP contribution < -0.4 is 10.7 Å². The Labute approximate surface area is 71.6 Å². The van der Waals surface area contributed by atoms with Crippen LogP contribution in [0.1, 0.15) is 0 Å². The number of halogens is 4. The minimum absolute atomic E-state index is 0.164. The van der Waals surface area contributed by atoms with Crippen molar-refractivity contribution in [3.8, 4) is 0 Å². The summed E-state index contributed by atoms with van der Waals surface area (Å²) in [5.41, 5.74) is -1.25. The van der Waals surface area contributed by atoms with Crippen LogP contribution >= 0.6 is 0 Å². The number of nitrogens with one attached hydrogen (secondary N) is 1. The second-order valence-electron chi connectivity index (χ2n) is 2.24. The molecule has 0 unspecified atom stereocenters. The molecule has 0 amide bonds. The van der Waals surface area contributed by atoms with Crippen molar-refractivity contribution in [2.24, 2.45) is 0 Å². The maximum Gasteiger partial charge on any atom is 0.189 e. The predicted molar refractivity (Wildman–Crippen MR) is 40.6 cm³/mol. The van der Waals surface area contributed by atoms with Crippen molar-refractivity contribution in [2.45, 2.75) is 0 Å². The first-order valence-electron chi connectivity index (χ1n) is 3.35. The molecule has 0 spiro atoms. The Hall–Kier alpha value is -1.46. The highest BCUT2D eigenvalue weighted by molar-refractivity contribution is 5.55. The number of hydrogen-bond donors (Lipinski definition) is 1. The highest BCUT2D eigenvalue weighted by Crippen LogP contribution is 2.27. The molecule has 2 nitrogen and oxygen atoms in total. The molecule has 0 aliphatic rings. The Morgan fingerprint density at radius 3 is 2.23 bits per heavy atom. The van der Waals surface area contributed by atoms with Crippen LogP contribution in [0.2, 0.25) is 0 Å². The molecule has 1 aromatic rings. The third-order valence-electron chi connectivity index (χ3n) is 1.51. The minimum Gasteiger partial charge on any atom is -0.386 e. The first kappa shape index (κ1) is 9.63. The van der Waals surface area contributed by atoms with Gasteiger partial charge in [0.2, 0.25) is 0 Å². The summed E-state index contributed by atoms with van der Waals surface area (Å²) < 4.78 is 49.3. The lowest BCUT2D eigenvalue weighted by Gasteiger charge is -2.07. The molecule has 0 atom stereocenters. The standard InChI is InChI=1S/C7H6F4N2/c1-12-4-2-3-5(13(10)11)7(9)6(4)8/h2-3,12H,1H3. The first-order valence-corrected chi connectivity index (χ1v) is 3.35. The summed E-state index contributed by atoms with van der Waals surface area (Å²) in [7, 11) is 1.36. The van der Waals surface area contributed by atoms with E-state index in [1.165, 1.54) is 7.05 Å². The SMILES string of the molecule is CNc1ccc(N(F)F)c(F)c1F. The van der Waals surface area contributed by atoms with Gasteiger partial charge in [0.15, 0.2) is 11.6 Å². The zero-order valence-electron chi connectivity index (χ0n) is 6.61. The van der Waals surface area contributed by atoms with Crippen LogP contribution in [0.4, 0.5) is 29.1 Å². The van der Waals surface area contributed by atoms with Crippen LogP contribution in [0.3, 0.4) is 0 Å². The highest BCUT2D eigenvalue weighted by atomic mass is 19.4. The van der Waals surface area contributed by atoms with Crippen molar-refractivity contribution >= 4 is 11.4 Å². The molecule has 0 aliphatic heterocycles. The third kappa shape index (κ3) is 1.66. The fourth-order valence-electron chi connectivity index (χ4n) is 0.863. The summed E-state index contributed by atoms with van der Waals surface area (Å²) in [5, 5.41) is 0.849. The van der Waals surface area contributed by atoms with Crippen LogP contribution in [-0.4, -0.2) is 7.05 Å². The molecule has 1 N–H and O–H groups in total. The van der Waals surface area contributed by atoms with Gasteiger partial charge in [0.1, 0.15) is 5.69 Å². The maximum atomic E-state index is 12.8. The van der Waals surface area contributed by atoms with Gasteiger partial charge >= 0.3 is 0 Å². The van der Waals surface area contributed by atoms with E-state index in [2.05, 4.69) is 5.32 Å². The summed E-state index contributed by atoms with van der Waals surface area (Å²) >= 11 is 0. The zero-order chi connectivity index (χ0) is 10.0. The largest absolute Gasteiger partial charge is 0.386 e. The predicted octanol–water partition coefficient (Wildman–Crippen LogP) is 2.58. The lowest BCUT2D eigenvalue weighted by Crippen LogP contribution is -2.03. The molecule has 0 aliphatic carbocycles. The van der Waals surface area contributed by atoms with E-state index in [0.29, 0.717) is 0 Å². The maximum absolute atomic E-state index is 12.8. The van der Waals surface area contributed by atoms with E-state index in [1.54, 1.807) is 0 Å². The van der Waals surface area contributed by atoms with E-state index in [-0.39, 0.29) is 5.69 Å². The number of anilines is 2.